The second-order valence-corrected chi connectivity index (χ2v) is 8.56. The van der Waals surface area contributed by atoms with Crippen molar-refractivity contribution in [3.63, 3.8) is 0 Å². The topological polar surface area (TPSA) is 91.5 Å². The third kappa shape index (κ3) is 2.87. The lowest BCUT2D eigenvalue weighted by atomic mass is 9.35. The maximum absolute atomic E-state index is 13.2. The summed E-state index contributed by atoms with van der Waals surface area (Å²) < 4.78 is 5.76. The van der Waals surface area contributed by atoms with E-state index in [4.69, 9.17) is 10.00 Å². The number of aromatic nitrogens is 2. The summed E-state index contributed by atoms with van der Waals surface area (Å²) >= 11 is 0. The summed E-state index contributed by atoms with van der Waals surface area (Å²) in [5, 5.41) is 14.9. The fraction of sp³-hybridized carbons (Fsp3) is 0.409. The molecule has 1 atom stereocenters. The summed E-state index contributed by atoms with van der Waals surface area (Å²) in [6.07, 6.45) is 7.96. The molecule has 3 saturated carbocycles. The molecule has 0 N–H and O–H groups in total. The van der Waals surface area contributed by atoms with Gasteiger partial charge in [0, 0.05) is 18.1 Å². The maximum atomic E-state index is 13.2. The first-order chi connectivity index (χ1) is 14.0. The summed E-state index contributed by atoms with van der Waals surface area (Å²) in [6.45, 7) is 2.58. The molecule has 0 spiro atoms. The molecule has 2 bridgehead atoms. The number of hydrazone groups is 1. The van der Waals surface area contributed by atoms with Crippen LogP contribution in [0.5, 0.6) is 5.88 Å². The average molecular weight is 387 g/mol. The Morgan fingerprint density at radius 1 is 1.24 bits per heavy atom. The van der Waals surface area contributed by atoms with Crippen LogP contribution in [0.3, 0.4) is 0 Å². The number of ether oxygens (including phenoxy) is 1. The molecule has 3 aliphatic carbocycles. The molecule has 4 aliphatic rings. The predicted octanol–water partition coefficient (Wildman–Crippen LogP) is 3.17. The number of hydrogen-bond acceptors (Lipinski definition) is 6. The van der Waals surface area contributed by atoms with Crippen molar-refractivity contribution in [3.05, 3.63) is 53.5 Å². The normalized spacial score (nSPS) is 29.0. The van der Waals surface area contributed by atoms with Gasteiger partial charge >= 0.3 is 0 Å². The Bertz CT molecular complexity index is 1000. The molecule has 2 heterocycles. The minimum atomic E-state index is -0.287. The van der Waals surface area contributed by atoms with Crippen LogP contribution in [0.4, 0.5) is 0 Å². The smallest absolute Gasteiger partial charge is 0.249 e. The van der Waals surface area contributed by atoms with Crippen LogP contribution in [-0.2, 0) is 4.79 Å². The van der Waals surface area contributed by atoms with Gasteiger partial charge in [0.25, 0.3) is 0 Å². The van der Waals surface area contributed by atoms with Gasteiger partial charge in [0.1, 0.15) is 6.07 Å². The van der Waals surface area contributed by atoms with E-state index in [0.29, 0.717) is 12.5 Å². The average Bonchev–Trinajstić information content (AvgIpc) is 3.16. The van der Waals surface area contributed by atoms with Gasteiger partial charge in [-0.1, -0.05) is 29.8 Å². The van der Waals surface area contributed by atoms with E-state index in [1.807, 2.05) is 12.3 Å². The van der Waals surface area contributed by atoms with Gasteiger partial charge in [-0.3, -0.25) is 4.79 Å². The van der Waals surface area contributed by atoms with Gasteiger partial charge in [-0.2, -0.15) is 10.4 Å². The lowest BCUT2D eigenvalue weighted by molar-refractivity contribution is -0.227. The zero-order chi connectivity index (χ0) is 20.1. The number of nitriles is 1. The van der Waals surface area contributed by atoms with E-state index in [1.54, 1.807) is 5.01 Å². The summed E-state index contributed by atoms with van der Waals surface area (Å²) in [5.41, 5.74) is 2.37. The zero-order valence-corrected chi connectivity index (χ0v) is 16.2. The Kier molecular flexibility index (Phi) is 3.91. The third-order valence-corrected chi connectivity index (χ3v) is 6.36. The Morgan fingerprint density at radius 2 is 2.00 bits per heavy atom. The van der Waals surface area contributed by atoms with Crippen molar-refractivity contribution in [2.45, 2.75) is 38.6 Å². The molecule has 1 aromatic heterocycles. The number of amides is 1. The van der Waals surface area contributed by atoms with E-state index in [9.17, 15) is 4.79 Å². The van der Waals surface area contributed by atoms with Gasteiger partial charge < -0.3 is 4.74 Å². The highest BCUT2D eigenvalue weighted by Gasteiger charge is 2.72. The maximum Gasteiger partial charge on any atom is 0.249 e. The summed E-state index contributed by atoms with van der Waals surface area (Å²) in [7, 11) is 0. The molecule has 3 fully saturated rings. The molecular weight excluding hydrogens is 366 g/mol. The van der Waals surface area contributed by atoms with Gasteiger partial charge in [-0.15, -0.1) is 0 Å². The Balaban J connectivity index is 1.20. The van der Waals surface area contributed by atoms with E-state index >= 15 is 0 Å². The van der Waals surface area contributed by atoms with Crippen LogP contribution >= 0.6 is 0 Å². The molecule has 146 valence electrons. The van der Waals surface area contributed by atoms with Gasteiger partial charge in [-0.05, 0) is 31.7 Å². The number of nitrogens with zero attached hydrogens (tertiary/aromatic N) is 5. The SMILES string of the molecule is Cc1ccc(C2CC=NN2C(=O)C23CC(COc4cnc(C#N)cn4)(C2)C3)cc1. The first kappa shape index (κ1) is 17.8. The van der Waals surface area contributed by atoms with Crippen molar-refractivity contribution >= 4 is 12.1 Å². The second-order valence-electron chi connectivity index (χ2n) is 8.56. The highest BCUT2D eigenvalue weighted by molar-refractivity contribution is 5.88. The van der Waals surface area contributed by atoms with Crippen LogP contribution in [0, 0.1) is 29.1 Å². The lowest BCUT2D eigenvalue weighted by Crippen LogP contribution is -2.69. The van der Waals surface area contributed by atoms with Crippen LogP contribution in [0.2, 0.25) is 0 Å². The monoisotopic (exact) mass is 387 g/mol. The number of carbonyl (C=O) groups excluding carboxylic acids is 1. The van der Waals surface area contributed by atoms with E-state index in [2.05, 4.69) is 46.3 Å². The largest absolute Gasteiger partial charge is 0.476 e. The van der Waals surface area contributed by atoms with Crippen LogP contribution in [-0.4, -0.2) is 33.7 Å². The Morgan fingerprint density at radius 3 is 2.66 bits per heavy atom. The highest BCUT2D eigenvalue weighted by Crippen LogP contribution is 2.74. The van der Waals surface area contributed by atoms with E-state index < -0.39 is 0 Å². The number of rotatable bonds is 5. The van der Waals surface area contributed by atoms with Crippen molar-refractivity contribution in [2.24, 2.45) is 15.9 Å². The molecule has 7 nitrogen and oxygen atoms in total. The molecule has 0 saturated heterocycles. The molecule has 1 aliphatic heterocycles. The highest BCUT2D eigenvalue weighted by atomic mass is 16.5. The van der Waals surface area contributed by atoms with Crippen LogP contribution in [0.15, 0.2) is 41.8 Å². The predicted molar refractivity (Wildman–Crippen MR) is 105 cm³/mol. The van der Waals surface area contributed by atoms with Gasteiger partial charge in [-0.25, -0.2) is 15.0 Å². The van der Waals surface area contributed by atoms with Crippen LogP contribution < -0.4 is 4.74 Å². The minimum absolute atomic E-state index is 0.00162. The number of carbonyl (C=O) groups is 1. The van der Waals surface area contributed by atoms with Gasteiger partial charge in [0.2, 0.25) is 11.8 Å². The minimum Gasteiger partial charge on any atom is -0.476 e. The van der Waals surface area contributed by atoms with E-state index in [0.717, 1.165) is 31.2 Å². The standard InChI is InChI=1S/C22H21N5O2/c1-15-2-4-16(5-3-15)18-6-7-26-27(18)20(28)22-11-21(12-22,13-22)14-29-19-10-24-17(8-23)9-25-19/h2-5,7,9-10,18H,6,11-14H2,1H3. The quantitative estimate of drug-likeness (QED) is 0.786. The summed E-state index contributed by atoms with van der Waals surface area (Å²) in [6, 6.07) is 10.3. The second kappa shape index (κ2) is 6.38. The molecule has 2 aromatic rings. The van der Waals surface area contributed by atoms with Crippen LogP contribution in [0.1, 0.15) is 48.5 Å². The lowest BCUT2D eigenvalue weighted by Gasteiger charge is -2.69. The third-order valence-electron chi connectivity index (χ3n) is 6.36. The van der Waals surface area contributed by atoms with Crippen molar-refractivity contribution < 1.29 is 9.53 Å². The molecular formula is C22H21N5O2. The van der Waals surface area contributed by atoms with Gasteiger partial charge in [0.15, 0.2) is 5.69 Å². The van der Waals surface area contributed by atoms with Crippen molar-refractivity contribution in [3.8, 4) is 11.9 Å². The van der Waals surface area contributed by atoms with E-state index in [-0.39, 0.29) is 28.5 Å². The molecule has 29 heavy (non-hydrogen) atoms. The number of aryl methyl sites for hydroxylation is 1. The van der Waals surface area contributed by atoms with Crippen LogP contribution in [0.25, 0.3) is 0 Å². The van der Waals surface area contributed by atoms with Crippen molar-refractivity contribution in [1.29, 1.82) is 5.26 Å². The number of benzene rings is 1. The van der Waals surface area contributed by atoms with Crippen molar-refractivity contribution in [2.75, 3.05) is 6.61 Å². The van der Waals surface area contributed by atoms with E-state index in [1.165, 1.54) is 18.0 Å². The summed E-state index contributed by atoms with van der Waals surface area (Å²) in [4.78, 5) is 21.3. The summed E-state index contributed by atoms with van der Waals surface area (Å²) in [5.74, 6) is 0.551. The molecule has 1 unspecified atom stereocenters. The molecule has 6 rings (SSSR count). The molecule has 7 heteroatoms. The van der Waals surface area contributed by atoms with Crippen molar-refractivity contribution in [1.82, 2.24) is 15.0 Å². The first-order valence-corrected chi connectivity index (χ1v) is 9.80. The van der Waals surface area contributed by atoms with Gasteiger partial charge in [0.05, 0.1) is 30.5 Å². The molecule has 1 amide bonds. The Hall–Kier alpha value is -3.27. The molecule has 1 aromatic carbocycles. The molecule has 0 radical (unpaired) electrons. The Labute approximate surface area is 169 Å². The number of hydrogen-bond donors (Lipinski definition) is 0. The zero-order valence-electron chi connectivity index (χ0n) is 16.2. The fourth-order valence-electron chi connectivity index (χ4n) is 4.97. The fourth-order valence-corrected chi connectivity index (χ4v) is 4.97. The first-order valence-electron chi connectivity index (χ1n) is 9.80.